The number of aliphatic carboxylic acids is 1. The average Bonchev–Trinajstić information content (AvgIpc) is 3.27. The van der Waals surface area contributed by atoms with Gasteiger partial charge in [-0.1, -0.05) is 216 Å². The third-order valence-corrected chi connectivity index (χ3v) is 11.9. The van der Waals surface area contributed by atoms with Crippen molar-refractivity contribution in [3.8, 4) is 0 Å². The van der Waals surface area contributed by atoms with E-state index in [1.807, 2.05) is 0 Å². The molecule has 0 rings (SSSR count). The van der Waals surface area contributed by atoms with Gasteiger partial charge in [-0.15, -0.1) is 0 Å². The van der Waals surface area contributed by atoms with Crippen LogP contribution in [0.5, 0.6) is 0 Å². The summed E-state index contributed by atoms with van der Waals surface area (Å²) in [7, 11) is 5.41. The van der Waals surface area contributed by atoms with Crippen LogP contribution < -0.4 is 5.11 Å². The standard InChI is InChI=1S/C57H101NO7/c1-6-8-10-12-14-16-18-20-22-24-26-28-30-31-33-35-37-39-41-43-45-47-55(59)64-52-53(51-63-50-49-54(57(61)62)58(3,4)5)65-56(60)48-46-44-42-40-38-36-34-32-29-27-25-23-21-19-17-15-13-11-9-7-2/h9,11,15,17,21,23,27,29,34,36,53-54H,6-8,10,12-14,16,18-20,22,24-26,28,30-33,35,37-52H2,1-5H3/b11-9+,17-15+,23-21+,29-27+,36-34+. The maximum absolute atomic E-state index is 12.8. The normalized spacial score (nSPS) is 13.3. The molecule has 0 N–H and O–H groups in total. The first-order valence-electron chi connectivity index (χ1n) is 26.8. The Morgan fingerprint density at radius 2 is 0.862 bits per heavy atom. The first-order valence-corrected chi connectivity index (χ1v) is 26.8. The Balaban J connectivity index is 4.25. The Kier molecular flexibility index (Phi) is 45.3. The van der Waals surface area contributed by atoms with Crippen molar-refractivity contribution in [1.29, 1.82) is 0 Å². The summed E-state index contributed by atoms with van der Waals surface area (Å²) in [5.41, 5.74) is 0. The number of likely N-dealkylation sites (N-methyl/N-ethyl adjacent to an activating group) is 1. The summed E-state index contributed by atoms with van der Waals surface area (Å²) < 4.78 is 17.2. The topological polar surface area (TPSA) is 102 Å². The van der Waals surface area contributed by atoms with Crippen LogP contribution in [0.4, 0.5) is 0 Å². The summed E-state index contributed by atoms with van der Waals surface area (Å²) in [5.74, 6) is -1.76. The summed E-state index contributed by atoms with van der Waals surface area (Å²) >= 11 is 0. The third-order valence-electron chi connectivity index (χ3n) is 11.9. The molecule has 0 aliphatic carbocycles. The number of carboxylic acid groups (broad SMARTS) is 1. The summed E-state index contributed by atoms with van der Waals surface area (Å²) in [4.78, 5) is 37.1. The highest BCUT2D eigenvalue weighted by Gasteiger charge is 2.25. The number of nitrogens with zero attached hydrogens (tertiary/aromatic N) is 1. The molecular formula is C57H101NO7. The van der Waals surface area contributed by atoms with Gasteiger partial charge < -0.3 is 28.6 Å². The fraction of sp³-hybridized carbons (Fsp3) is 0.772. The van der Waals surface area contributed by atoms with Crippen LogP contribution >= 0.6 is 0 Å². The van der Waals surface area contributed by atoms with Crippen LogP contribution in [0, 0.1) is 0 Å². The fourth-order valence-corrected chi connectivity index (χ4v) is 7.81. The van der Waals surface area contributed by atoms with E-state index in [1.165, 1.54) is 116 Å². The number of hydrogen-bond donors (Lipinski definition) is 0. The zero-order chi connectivity index (χ0) is 47.7. The van der Waals surface area contributed by atoms with E-state index in [-0.39, 0.29) is 42.7 Å². The van der Waals surface area contributed by atoms with Gasteiger partial charge in [0.15, 0.2) is 6.10 Å². The zero-order valence-corrected chi connectivity index (χ0v) is 42.9. The minimum absolute atomic E-state index is 0.0303. The molecule has 2 atom stereocenters. The van der Waals surface area contributed by atoms with Crippen molar-refractivity contribution in [3.05, 3.63) is 60.8 Å². The minimum Gasteiger partial charge on any atom is -0.544 e. The molecule has 0 bridgehead atoms. The molecule has 0 aliphatic rings. The number of carbonyl (C=O) groups excluding carboxylic acids is 3. The highest BCUT2D eigenvalue weighted by atomic mass is 16.6. The largest absolute Gasteiger partial charge is 0.544 e. The molecule has 65 heavy (non-hydrogen) atoms. The third kappa shape index (κ3) is 46.0. The molecule has 0 radical (unpaired) electrons. The number of rotatable bonds is 48. The predicted octanol–water partition coefficient (Wildman–Crippen LogP) is 14.4. The second kappa shape index (κ2) is 47.5. The van der Waals surface area contributed by atoms with Crippen molar-refractivity contribution in [1.82, 2.24) is 0 Å². The first-order chi connectivity index (χ1) is 31.6. The Bertz CT molecular complexity index is 1250. The molecule has 0 aliphatic heterocycles. The number of carbonyl (C=O) groups is 3. The molecule has 2 unspecified atom stereocenters. The van der Waals surface area contributed by atoms with Gasteiger partial charge in [-0.25, -0.2) is 0 Å². The lowest BCUT2D eigenvalue weighted by molar-refractivity contribution is -0.889. The molecule has 0 amide bonds. The number of unbranched alkanes of at least 4 members (excludes halogenated alkanes) is 24. The molecule has 376 valence electrons. The smallest absolute Gasteiger partial charge is 0.306 e. The van der Waals surface area contributed by atoms with Gasteiger partial charge in [-0.3, -0.25) is 9.59 Å². The molecule has 0 aromatic carbocycles. The first kappa shape index (κ1) is 62.0. The minimum atomic E-state index is -1.13. The zero-order valence-electron chi connectivity index (χ0n) is 42.9. The van der Waals surface area contributed by atoms with Crippen molar-refractivity contribution in [2.45, 2.75) is 244 Å². The molecule has 0 aromatic heterocycles. The van der Waals surface area contributed by atoms with Crippen LogP contribution in [0.1, 0.15) is 232 Å². The Labute approximate surface area is 400 Å². The van der Waals surface area contributed by atoms with Crippen LogP contribution in [0.2, 0.25) is 0 Å². The van der Waals surface area contributed by atoms with E-state index in [2.05, 4.69) is 74.6 Å². The fourth-order valence-electron chi connectivity index (χ4n) is 7.81. The van der Waals surface area contributed by atoms with Crippen molar-refractivity contribution >= 4 is 17.9 Å². The molecule has 0 saturated carbocycles. The molecule has 8 heteroatoms. The van der Waals surface area contributed by atoms with Gasteiger partial charge in [0, 0.05) is 19.3 Å². The molecule has 8 nitrogen and oxygen atoms in total. The number of esters is 2. The molecule has 0 fully saturated rings. The second-order valence-electron chi connectivity index (χ2n) is 19.1. The molecule has 0 saturated heterocycles. The molecule has 0 heterocycles. The van der Waals surface area contributed by atoms with Crippen molar-refractivity contribution in [2.75, 3.05) is 41.0 Å². The molecule has 0 aromatic rings. The molecule has 0 spiro atoms. The Morgan fingerprint density at radius 3 is 1.28 bits per heavy atom. The predicted molar refractivity (Wildman–Crippen MR) is 273 cm³/mol. The maximum Gasteiger partial charge on any atom is 0.306 e. The van der Waals surface area contributed by atoms with Gasteiger partial charge >= 0.3 is 11.9 Å². The summed E-state index contributed by atoms with van der Waals surface area (Å²) in [6.45, 7) is 4.55. The van der Waals surface area contributed by atoms with Gasteiger partial charge in [-0.2, -0.15) is 0 Å². The van der Waals surface area contributed by atoms with Gasteiger partial charge in [-0.05, 0) is 57.8 Å². The summed E-state index contributed by atoms with van der Waals surface area (Å²) in [6.07, 6.45) is 59.7. The summed E-state index contributed by atoms with van der Waals surface area (Å²) in [6, 6.07) is -0.733. The highest BCUT2D eigenvalue weighted by molar-refractivity contribution is 5.70. The SMILES string of the molecule is CC/C=C/C/C=C/C/C=C/C/C=C/C/C=C/CCCCCCC(=O)OC(COCCC(C(=O)[O-])[N+](C)(C)C)COC(=O)CCCCCCCCCCCCCCCCCCCCCCC. The Hall–Kier alpha value is -2.97. The van der Waals surface area contributed by atoms with E-state index in [9.17, 15) is 19.5 Å². The quantitative estimate of drug-likeness (QED) is 0.0259. The molecular weight excluding hydrogens is 811 g/mol. The Morgan fingerprint density at radius 1 is 0.477 bits per heavy atom. The van der Waals surface area contributed by atoms with Crippen LogP contribution in [0.15, 0.2) is 60.8 Å². The van der Waals surface area contributed by atoms with E-state index in [0.717, 1.165) is 83.5 Å². The number of allylic oxidation sites excluding steroid dienone is 10. The van der Waals surface area contributed by atoms with Crippen LogP contribution in [0.25, 0.3) is 0 Å². The van der Waals surface area contributed by atoms with E-state index in [1.54, 1.807) is 21.1 Å². The van der Waals surface area contributed by atoms with Crippen LogP contribution in [-0.4, -0.2) is 75.5 Å². The number of carboxylic acids is 1. The lowest BCUT2D eigenvalue weighted by Crippen LogP contribution is -2.55. The summed E-state index contributed by atoms with van der Waals surface area (Å²) in [5, 5.41) is 11.7. The lowest BCUT2D eigenvalue weighted by atomic mass is 10.0. The van der Waals surface area contributed by atoms with Crippen molar-refractivity contribution in [3.63, 3.8) is 0 Å². The van der Waals surface area contributed by atoms with E-state index in [4.69, 9.17) is 14.2 Å². The maximum atomic E-state index is 12.8. The number of ether oxygens (including phenoxy) is 3. The number of hydrogen-bond acceptors (Lipinski definition) is 7. The second-order valence-corrected chi connectivity index (χ2v) is 19.1. The average molecular weight is 912 g/mol. The van der Waals surface area contributed by atoms with Crippen molar-refractivity contribution in [2.24, 2.45) is 0 Å². The monoisotopic (exact) mass is 912 g/mol. The van der Waals surface area contributed by atoms with E-state index < -0.39 is 18.1 Å². The van der Waals surface area contributed by atoms with Gasteiger partial charge in [0.1, 0.15) is 12.6 Å². The van der Waals surface area contributed by atoms with Crippen molar-refractivity contribution < 1.29 is 38.2 Å². The highest BCUT2D eigenvalue weighted by Crippen LogP contribution is 2.16. The number of quaternary nitrogens is 1. The van der Waals surface area contributed by atoms with Crippen LogP contribution in [-0.2, 0) is 28.6 Å². The van der Waals surface area contributed by atoms with Gasteiger partial charge in [0.25, 0.3) is 0 Å². The van der Waals surface area contributed by atoms with Crippen LogP contribution in [0.3, 0.4) is 0 Å². The van der Waals surface area contributed by atoms with Gasteiger partial charge in [0.05, 0.1) is 40.3 Å². The van der Waals surface area contributed by atoms with E-state index >= 15 is 0 Å². The van der Waals surface area contributed by atoms with E-state index in [0.29, 0.717) is 12.8 Å². The lowest BCUT2D eigenvalue weighted by Gasteiger charge is -2.34. The van der Waals surface area contributed by atoms with Gasteiger partial charge in [0.2, 0.25) is 0 Å².